The Hall–Kier alpha value is -1.60. The van der Waals surface area contributed by atoms with Crippen LogP contribution in [0.15, 0.2) is 40.6 Å². The van der Waals surface area contributed by atoms with Crippen molar-refractivity contribution in [3.63, 3.8) is 0 Å². The van der Waals surface area contributed by atoms with Gasteiger partial charge in [-0.2, -0.15) is 0 Å². The highest BCUT2D eigenvalue weighted by atomic mass is 35.5. The topological polar surface area (TPSA) is 50.3 Å². The predicted octanol–water partition coefficient (Wildman–Crippen LogP) is 6.48. The van der Waals surface area contributed by atoms with Gasteiger partial charge >= 0.3 is 0 Å². The highest BCUT2D eigenvalue weighted by molar-refractivity contribution is 7.92. The number of thiazole rings is 1. The summed E-state index contributed by atoms with van der Waals surface area (Å²) < 4.78 is 26.4. The summed E-state index contributed by atoms with van der Waals surface area (Å²) in [4.78, 5) is 7.21. The summed E-state index contributed by atoms with van der Waals surface area (Å²) in [5.41, 5.74) is 5.31. The van der Waals surface area contributed by atoms with Crippen molar-refractivity contribution < 1.29 is 8.42 Å². The molecule has 0 N–H and O–H groups in total. The van der Waals surface area contributed by atoms with E-state index in [0.29, 0.717) is 36.5 Å². The first kappa shape index (κ1) is 22.6. The van der Waals surface area contributed by atoms with Crippen molar-refractivity contribution >= 4 is 49.5 Å². The van der Waals surface area contributed by atoms with Crippen LogP contribution in [0.2, 0.25) is 10.0 Å². The highest BCUT2D eigenvalue weighted by Gasteiger charge is 2.33. The van der Waals surface area contributed by atoms with E-state index < -0.39 is 15.1 Å². The minimum Gasteiger partial charge on any atom is -0.348 e. The fraction of sp³-hybridized carbons (Fsp3) is 0.348. The molecule has 4 rings (SSSR count). The number of hydrogen-bond donors (Lipinski definition) is 0. The molecule has 2 aromatic carbocycles. The minimum atomic E-state index is -3.52. The van der Waals surface area contributed by atoms with Gasteiger partial charge in [-0.25, -0.2) is 13.4 Å². The number of halogens is 2. The fourth-order valence-corrected chi connectivity index (χ4v) is 7.40. The van der Waals surface area contributed by atoms with Gasteiger partial charge in [-0.05, 0) is 62.4 Å². The first-order valence-electron chi connectivity index (χ1n) is 10.1. The van der Waals surface area contributed by atoms with Crippen molar-refractivity contribution in [3.8, 4) is 11.3 Å². The quantitative estimate of drug-likeness (QED) is 0.416. The maximum atomic E-state index is 13.2. The van der Waals surface area contributed by atoms with Gasteiger partial charge in [-0.15, -0.1) is 11.3 Å². The Labute approximate surface area is 197 Å². The second-order valence-corrected chi connectivity index (χ2v) is 11.9. The molecule has 8 heteroatoms. The Morgan fingerprint density at radius 1 is 1.03 bits per heavy atom. The van der Waals surface area contributed by atoms with Crippen LogP contribution in [0.25, 0.3) is 11.3 Å². The van der Waals surface area contributed by atoms with Gasteiger partial charge in [0.25, 0.3) is 0 Å². The molecular weight excluding hydrogens is 471 g/mol. The molecule has 164 valence electrons. The largest absolute Gasteiger partial charge is 0.348 e. The molecular formula is C23H24Cl2N2O2S2. The van der Waals surface area contributed by atoms with Crippen LogP contribution in [0.3, 0.4) is 0 Å². The summed E-state index contributed by atoms with van der Waals surface area (Å²) in [6, 6.07) is 9.36. The third-order valence-electron chi connectivity index (χ3n) is 6.04. The van der Waals surface area contributed by atoms with Gasteiger partial charge in [0.2, 0.25) is 0 Å². The molecule has 2 heterocycles. The van der Waals surface area contributed by atoms with Crippen molar-refractivity contribution in [2.24, 2.45) is 0 Å². The maximum absolute atomic E-state index is 13.2. The van der Waals surface area contributed by atoms with Gasteiger partial charge in [-0.3, -0.25) is 0 Å². The highest BCUT2D eigenvalue weighted by Crippen LogP contribution is 2.35. The van der Waals surface area contributed by atoms with Gasteiger partial charge in [-0.1, -0.05) is 41.4 Å². The van der Waals surface area contributed by atoms with Crippen LogP contribution >= 0.6 is 34.5 Å². The van der Waals surface area contributed by atoms with Gasteiger partial charge in [0.05, 0.1) is 20.9 Å². The Kier molecular flexibility index (Phi) is 6.37. The molecule has 1 aliphatic rings. The normalized spacial score (nSPS) is 15.5. The number of hydrogen-bond acceptors (Lipinski definition) is 5. The molecule has 1 fully saturated rings. The molecule has 0 bridgehead atoms. The molecule has 1 aliphatic heterocycles. The zero-order valence-electron chi connectivity index (χ0n) is 17.7. The minimum absolute atomic E-state index is 0.181. The number of nitrogens with zero attached hydrogens (tertiary/aromatic N) is 2. The van der Waals surface area contributed by atoms with E-state index in [-0.39, 0.29) is 9.92 Å². The molecule has 0 amide bonds. The lowest BCUT2D eigenvalue weighted by Gasteiger charge is -2.31. The van der Waals surface area contributed by atoms with E-state index in [1.165, 1.54) is 17.2 Å². The van der Waals surface area contributed by atoms with E-state index in [2.05, 4.69) is 42.3 Å². The third-order valence-corrected chi connectivity index (χ3v) is 10.1. The zero-order valence-corrected chi connectivity index (χ0v) is 20.8. The number of sulfone groups is 1. The lowest BCUT2D eigenvalue weighted by atomic mass is 10.0. The molecule has 31 heavy (non-hydrogen) atoms. The smallest absolute Gasteiger partial charge is 0.185 e. The van der Waals surface area contributed by atoms with Crippen molar-refractivity contribution in [2.75, 3.05) is 18.0 Å². The lowest BCUT2D eigenvalue weighted by Crippen LogP contribution is -2.39. The van der Waals surface area contributed by atoms with Crippen LogP contribution < -0.4 is 4.90 Å². The molecule has 0 unspecified atom stereocenters. The van der Waals surface area contributed by atoms with Crippen LogP contribution in [0.4, 0.5) is 5.13 Å². The molecule has 0 spiro atoms. The fourth-order valence-electron chi connectivity index (χ4n) is 3.95. The van der Waals surface area contributed by atoms with E-state index in [4.69, 9.17) is 28.2 Å². The SMILES string of the molecule is Cc1cc(S(=O)(=O)C2CCN(c3nc(-c4cccc(C)c4C)cs3)CC2)c(Cl)cc1Cl. The summed E-state index contributed by atoms with van der Waals surface area (Å²) >= 11 is 13.9. The molecule has 1 aromatic heterocycles. The molecule has 1 saturated heterocycles. The van der Waals surface area contributed by atoms with Gasteiger partial charge < -0.3 is 4.90 Å². The monoisotopic (exact) mass is 494 g/mol. The molecule has 0 atom stereocenters. The Morgan fingerprint density at radius 2 is 1.74 bits per heavy atom. The van der Waals surface area contributed by atoms with Crippen LogP contribution in [0.5, 0.6) is 0 Å². The average molecular weight is 495 g/mol. The van der Waals surface area contributed by atoms with Gasteiger partial charge in [0.15, 0.2) is 15.0 Å². The third kappa shape index (κ3) is 4.36. The number of benzene rings is 2. The first-order valence-corrected chi connectivity index (χ1v) is 13.3. The zero-order chi connectivity index (χ0) is 22.3. The Balaban J connectivity index is 1.50. The Morgan fingerprint density at radius 3 is 2.45 bits per heavy atom. The van der Waals surface area contributed by atoms with Crippen LogP contribution in [0, 0.1) is 20.8 Å². The molecule has 4 nitrogen and oxygen atoms in total. The second kappa shape index (κ2) is 8.74. The van der Waals surface area contributed by atoms with Gasteiger partial charge in [0.1, 0.15) is 0 Å². The predicted molar refractivity (Wildman–Crippen MR) is 131 cm³/mol. The summed E-state index contributed by atoms with van der Waals surface area (Å²) in [5, 5.41) is 3.22. The molecule has 3 aromatic rings. The average Bonchev–Trinajstić information content (AvgIpc) is 3.22. The summed E-state index contributed by atoms with van der Waals surface area (Å²) in [6.07, 6.45) is 1.08. The first-order chi connectivity index (χ1) is 14.7. The van der Waals surface area contributed by atoms with Crippen LogP contribution in [0.1, 0.15) is 29.5 Å². The van der Waals surface area contributed by atoms with Crippen molar-refractivity contribution in [2.45, 2.75) is 43.8 Å². The summed E-state index contributed by atoms with van der Waals surface area (Å²) in [5.74, 6) is 0. The summed E-state index contributed by atoms with van der Waals surface area (Å²) in [7, 11) is -3.52. The number of aryl methyl sites for hydroxylation is 2. The van der Waals surface area contributed by atoms with Crippen molar-refractivity contribution in [1.29, 1.82) is 0 Å². The molecule has 0 radical (unpaired) electrons. The molecule has 0 aliphatic carbocycles. The Bertz CT molecular complexity index is 1230. The summed E-state index contributed by atoms with van der Waals surface area (Å²) in [6.45, 7) is 7.30. The van der Waals surface area contributed by atoms with E-state index in [1.54, 1.807) is 24.3 Å². The number of aromatic nitrogens is 1. The van der Waals surface area contributed by atoms with Crippen LogP contribution in [-0.4, -0.2) is 31.7 Å². The van der Waals surface area contributed by atoms with E-state index >= 15 is 0 Å². The number of piperidine rings is 1. The van der Waals surface area contributed by atoms with E-state index in [0.717, 1.165) is 16.4 Å². The van der Waals surface area contributed by atoms with Crippen LogP contribution in [-0.2, 0) is 9.84 Å². The number of anilines is 1. The van der Waals surface area contributed by atoms with E-state index in [9.17, 15) is 8.42 Å². The van der Waals surface area contributed by atoms with Crippen molar-refractivity contribution in [1.82, 2.24) is 4.98 Å². The molecule has 0 saturated carbocycles. The standard InChI is InChI=1S/C23H24Cl2N2O2S2/c1-14-5-4-6-18(16(14)3)21-13-30-23(26-21)27-9-7-17(8-10-27)31(28,29)22-11-15(2)19(24)12-20(22)25/h4-6,11-13,17H,7-10H2,1-3H3. The van der Waals surface area contributed by atoms with Gasteiger partial charge in [0, 0.05) is 29.1 Å². The lowest BCUT2D eigenvalue weighted by molar-refractivity contribution is 0.529. The maximum Gasteiger partial charge on any atom is 0.185 e. The van der Waals surface area contributed by atoms with Crippen molar-refractivity contribution in [3.05, 3.63) is 62.4 Å². The second-order valence-electron chi connectivity index (χ2n) is 8.03. The number of rotatable bonds is 4. The van der Waals surface area contributed by atoms with E-state index in [1.807, 2.05) is 0 Å².